The first kappa shape index (κ1) is 13.9. The summed E-state index contributed by atoms with van der Waals surface area (Å²) in [6, 6.07) is 7.68. The molecular formula is C17H26N2O. The lowest BCUT2D eigenvalue weighted by atomic mass is 9.85. The topological polar surface area (TPSA) is 35.5 Å². The van der Waals surface area contributed by atoms with Crippen molar-refractivity contribution in [3.05, 3.63) is 29.8 Å². The number of rotatable bonds is 3. The molecule has 0 aromatic heterocycles. The van der Waals surface area contributed by atoms with Crippen LogP contribution in [0.1, 0.15) is 39.2 Å². The zero-order valence-electron chi connectivity index (χ0n) is 12.8. The van der Waals surface area contributed by atoms with Gasteiger partial charge in [0.05, 0.1) is 0 Å². The molecule has 2 aliphatic rings. The summed E-state index contributed by atoms with van der Waals surface area (Å²) in [6.07, 6.45) is 2.71. The van der Waals surface area contributed by atoms with E-state index in [-0.39, 0.29) is 11.1 Å². The average molecular weight is 274 g/mol. The standard InChI is InChI=1S/C17H26N2O/c1-16(2)12-19(10-13-5-4-6-15(20)9-13)17(3,11-18-16)14-7-8-14/h4-6,9,14,18,20H,7-8,10-12H2,1-3H3. The van der Waals surface area contributed by atoms with Gasteiger partial charge in [-0.1, -0.05) is 12.1 Å². The van der Waals surface area contributed by atoms with Crippen LogP contribution < -0.4 is 5.32 Å². The SMILES string of the molecule is CC1(C)CN(Cc2cccc(O)c2)C(C)(C2CC2)CN1. The monoisotopic (exact) mass is 274 g/mol. The lowest BCUT2D eigenvalue weighted by Gasteiger charge is -2.52. The molecule has 3 heteroatoms. The van der Waals surface area contributed by atoms with E-state index in [2.05, 4.69) is 37.1 Å². The smallest absolute Gasteiger partial charge is 0.115 e. The maximum Gasteiger partial charge on any atom is 0.115 e. The summed E-state index contributed by atoms with van der Waals surface area (Å²) in [7, 11) is 0. The van der Waals surface area contributed by atoms with Crippen LogP contribution in [0.3, 0.4) is 0 Å². The van der Waals surface area contributed by atoms with Gasteiger partial charge in [0.1, 0.15) is 5.75 Å². The molecule has 3 nitrogen and oxygen atoms in total. The molecule has 3 rings (SSSR count). The van der Waals surface area contributed by atoms with E-state index in [1.54, 1.807) is 6.07 Å². The van der Waals surface area contributed by atoms with Crippen LogP contribution >= 0.6 is 0 Å². The van der Waals surface area contributed by atoms with Crippen molar-refractivity contribution in [3.63, 3.8) is 0 Å². The quantitative estimate of drug-likeness (QED) is 0.889. The molecule has 1 aromatic carbocycles. The third-order valence-corrected chi connectivity index (χ3v) is 4.97. The second-order valence-electron chi connectivity index (χ2n) is 7.39. The molecule has 1 saturated carbocycles. The average Bonchev–Trinajstić information content (AvgIpc) is 3.18. The Labute approximate surface area is 122 Å². The number of aromatic hydroxyl groups is 1. The maximum absolute atomic E-state index is 9.67. The predicted octanol–water partition coefficient (Wildman–Crippen LogP) is 2.74. The van der Waals surface area contributed by atoms with E-state index in [1.165, 1.54) is 18.4 Å². The molecule has 0 bridgehead atoms. The van der Waals surface area contributed by atoms with Gasteiger partial charge in [-0.2, -0.15) is 0 Å². The third-order valence-electron chi connectivity index (χ3n) is 4.97. The van der Waals surface area contributed by atoms with E-state index in [4.69, 9.17) is 0 Å². The lowest BCUT2D eigenvalue weighted by Crippen LogP contribution is -2.67. The first-order valence-corrected chi connectivity index (χ1v) is 7.67. The fourth-order valence-corrected chi connectivity index (χ4v) is 3.46. The van der Waals surface area contributed by atoms with Crippen molar-refractivity contribution in [2.75, 3.05) is 13.1 Å². The number of phenolic OH excluding ortho intramolecular Hbond substituents is 1. The van der Waals surface area contributed by atoms with Crippen LogP contribution in [-0.4, -0.2) is 34.2 Å². The molecule has 2 fully saturated rings. The van der Waals surface area contributed by atoms with Gasteiger partial charge in [-0.15, -0.1) is 0 Å². The van der Waals surface area contributed by atoms with Crippen LogP contribution in [0.15, 0.2) is 24.3 Å². The minimum atomic E-state index is 0.158. The Kier molecular flexibility index (Phi) is 3.30. The van der Waals surface area contributed by atoms with Crippen molar-refractivity contribution < 1.29 is 5.11 Å². The Morgan fingerprint density at radius 3 is 2.70 bits per heavy atom. The number of nitrogens with one attached hydrogen (secondary N) is 1. The van der Waals surface area contributed by atoms with Gasteiger partial charge >= 0.3 is 0 Å². The van der Waals surface area contributed by atoms with Crippen molar-refractivity contribution >= 4 is 0 Å². The van der Waals surface area contributed by atoms with E-state index in [9.17, 15) is 5.11 Å². The van der Waals surface area contributed by atoms with E-state index < -0.39 is 0 Å². The second-order valence-corrected chi connectivity index (χ2v) is 7.39. The number of hydrogen-bond donors (Lipinski definition) is 2. The zero-order valence-corrected chi connectivity index (χ0v) is 12.8. The number of phenols is 1. The van der Waals surface area contributed by atoms with Crippen LogP contribution in [0.25, 0.3) is 0 Å². The number of nitrogens with zero attached hydrogens (tertiary/aromatic N) is 1. The Morgan fingerprint density at radius 1 is 1.30 bits per heavy atom. The molecule has 2 N–H and O–H groups in total. The van der Waals surface area contributed by atoms with Gasteiger partial charge in [0.2, 0.25) is 0 Å². The van der Waals surface area contributed by atoms with Gasteiger partial charge in [-0.25, -0.2) is 0 Å². The van der Waals surface area contributed by atoms with Crippen LogP contribution in [0.4, 0.5) is 0 Å². The zero-order chi connectivity index (χ0) is 14.4. The summed E-state index contributed by atoms with van der Waals surface area (Å²) < 4.78 is 0. The summed E-state index contributed by atoms with van der Waals surface area (Å²) in [5.74, 6) is 1.19. The highest BCUT2D eigenvalue weighted by molar-refractivity contribution is 5.27. The molecule has 20 heavy (non-hydrogen) atoms. The fraction of sp³-hybridized carbons (Fsp3) is 0.647. The molecule has 1 unspecified atom stereocenters. The fourth-order valence-electron chi connectivity index (χ4n) is 3.46. The Bertz CT molecular complexity index is 496. The molecule has 1 heterocycles. The molecule has 1 aliphatic carbocycles. The lowest BCUT2D eigenvalue weighted by molar-refractivity contribution is 0.00517. The largest absolute Gasteiger partial charge is 0.508 e. The molecule has 1 aliphatic heterocycles. The van der Waals surface area contributed by atoms with E-state index in [0.29, 0.717) is 5.75 Å². The molecule has 1 atom stereocenters. The molecule has 0 spiro atoms. The Morgan fingerprint density at radius 2 is 2.05 bits per heavy atom. The van der Waals surface area contributed by atoms with Crippen molar-refractivity contribution in [3.8, 4) is 5.75 Å². The van der Waals surface area contributed by atoms with Crippen molar-refractivity contribution in [2.24, 2.45) is 5.92 Å². The maximum atomic E-state index is 9.67. The molecule has 110 valence electrons. The van der Waals surface area contributed by atoms with Gasteiger partial charge in [-0.05, 0) is 57.2 Å². The summed E-state index contributed by atoms with van der Waals surface area (Å²) >= 11 is 0. The highest BCUT2D eigenvalue weighted by Gasteiger charge is 2.49. The minimum Gasteiger partial charge on any atom is -0.508 e. The van der Waals surface area contributed by atoms with Crippen LogP contribution in [-0.2, 0) is 6.54 Å². The molecule has 1 aromatic rings. The van der Waals surface area contributed by atoms with E-state index in [1.807, 2.05) is 12.1 Å². The van der Waals surface area contributed by atoms with Gasteiger partial charge in [0.15, 0.2) is 0 Å². The number of benzene rings is 1. The van der Waals surface area contributed by atoms with E-state index >= 15 is 0 Å². The third kappa shape index (κ3) is 2.70. The van der Waals surface area contributed by atoms with Crippen LogP contribution in [0, 0.1) is 5.92 Å². The highest BCUT2D eigenvalue weighted by Crippen LogP contribution is 2.45. The summed E-state index contributed by atoms with van der Waals surface area (Å²) in [5.41, 5.74) is 1.61. The predicted molar refractivity (Wildman–Crippen MR) is 81.7 cm³/mol. The Balaban J connectivity index is 1.82. The Hall–Kier alpha value is -1.06. The summed E-state index contributed by atoms with van der Waals surface area (Å²) in [5, 5.41) is 13.4. The highest BCUT2D eigenvalue weighted by atomic mass is 16.3. The second kappa shape index (κ2) is 4.74. The van der Waals surface area contributed by atoms with Gasteiger partial charge < -0.3 is 10.4 Å². The van der Waals surface area contributed by atoms with Gasteiger partial charge in [-0.3, -0.25) is 4.90 Å². The molecular weight excluding hydrogens is 248 g/mol. The first-order valence-electron chi connectivity index (χ1n) is 7.67. The van der Waals surface area contributed by atoms with Crippen LogP contribution in [0.5, 0.6) is 5.75 Å². The normalized spacial score (nSPS) is 30.4. The van der Waals surface area contributed by atoms with Crippen LogP contribution in [0.2, 0.25) is 0 Å². The van der Waals surface area contributed by atoms with Crippen molar-refractivity contribution in [1.29, 1.82) is 0 Å². The first-order chi connectivity index (χ1) is 9.39. The summed E-state index contributed by atoms with van der Waals surface area (Å²) in [4.78, 5) is 2.62. The van der Waals surface area contributed by atoms with Gasteiger partial charge in [0.25, 0.3) is 0 Å². The summed E-state index contributed by atoms with van der Waals surface area (Å²) in [6.45, 7) is 9.98. The van der Waals surface area contributed by atoms with Gasteiger partial charge in [0, 0.05) is 30.7 Å². The van der Waals surface area contributed by atoms with Crippen molar-refractivity contribution in [1.82, 2.24) is 10.2 Å². The molecule has 1 saturated heterocycles. The number of hydrogen-bond acceptors (Lipinski definition) is 3. The minimum absolute atomic E-state index is 0.158. The number of piperazine rings is 1. The molecule has 0 amide bonds. The van der Waals surface area contributed by atoms with Crippen molar-refractivity contribution in [2.45, 2.75) is 51.2 Å². The van der Waals surface area contributed by atoms with E-state index in [0.717, 1.165) is 25.6 Å². The molecule has 0 radical (unpaired) electrons.